The number of nitrogens with two attached hydrogens (primary N) is 1. The molecule has 2 amide bonds. The van der Waals surface area contributed by atoms with Gasteiger partial charge in [-0.2, -0.15) is 0 Å². The Morgan fingerprint density at radius 1 is 1.18 bits per heavy atom. The predicted octanol–water partition coefficient (Wildman–Crippen LogP) is 1.19. The van der Waals surface area contributed by atoms with E-state index in [0.717, 1.165) is 5.39 Å². The summed E-state index contributed by atoms with van der Waals surface area (Å²) in [6.45, 7) is 1.42. The van der Waals surface area contributed by atoms with Crippen LogP contribution in [0.1, 0.15) is 30.3 Å². The van der Waals surface area contributed by atoms with E-state index in [-0.39, 0.29) is 24.3 Å². The molecule has 0 saturated carbocycles. The maximum absolute atomic E-state index is 12.2. The molecule has 1 aromatic carbocycles. The van der Waals surface area contributed by atoms with E-state index in [4.69, 9.17) is 5.73 Å². The monoisotopic (exact) mass is 299 g/mol. The smallest absolute Gasteiger partial charge is 0.270 e. The first-order valence-electron chi connectivity index (χ1n) is 6.93. The standard InChI is InChI=1S/C16H17N3O3/c1-10(20)6-8-13(15(17)21)19-16(22)14-9-7-11-4-2-3-5-12(11)18-14/h2-5,7,9,13H,6,8H2,1H3,(H2,17,21)(H,19,22)/t13-/m1/s1. The Kier molecular flexibility index (Phi) is 4.83. The van der Waals surface area contributed by atoms with E-state index in [1.54, 1.807) is 18.2 Å². The molecular formula is C16H17N3O3. The van der Waals surface area contributed by atoms with Crippen LogP contribution in [-0.4, -0.2) is 28.6 Å². The number of carbonyl (C=O) groups is 3. The number of fused-ring (bicyclic) bond motifs is 1. The third-order valence-corrected chi connectivity index (χ3v) is 3.26. The molecule has 0 aliphatic rings. The third-order valence-electron chi connectivity index (χ3n) is 3.26. The van der Waals surface area contributed by atoms with Crippen molar-refractivity contribution in [1.29, 1.82) is 0 Å². The summed E-state index contributed by atoms with van der Waals surface area (Å²) in [5.74, 6) is -1.22. The number of amides is 2. The minimum absolute atomic E-state index is 0.0654. The highest BCUT2D eigenvalue weighted by Crippen LogP contribution is 2.12. The molecule has 0 unspecified atom stereocenters. The summed E-state index contributed by atoms with van der Waals surface area (Å²) in [4.78, 5) is 38.8. The molecule has 114 valence electrons. The van der Waals surface area contributed by atoms with E-state index >= 15 is 0 Å². The van der Waals surface area contributed by atoms with Crippen molar-refractivity contribution in [3.63, 3.8) is 0 Å². The summed E-state index contributed by atoms with van der Waals surface area (Å²) in [6.07, 6.45) is 0.364. The average Bonchev–Trinajstić information content (AvgIpc) is 2.50. The van der Waals surface area contributed by atoms with Gasteiger partial charge in [0.15, 0.2) is 0 Å². The Balaban J connectivity index is 2.14. The second-order valence-corrected chi connectivity index (χ2v) is 5.06. The fourth-order valence-electron chi connectivity index (χ4n) is 2.06. The third kappa shape index (κ3) is 3.88. The molecule has 0 fully saturated rings. The zero-order valence-corrected chi connectivity index (χ0v) is 12.2. The summed E-state index contributed by atoms with van der Waals surface area (Å²) >= 11 is 0. The number of primary amides is 1. The van der Waals surface area contributed by atoms with Crippen LogP contribution in [0.2, 0.25) is 0 Å². The van der Waals surface area contributed by atoms with Gasteiger partial charge in [0.25, 0.3) is 5.91 Å². The molecule has 0 bridgehead atoms. The lowest BCUT2D eigenvalue weighted by molar-refractivity contribution is -0.120. The number of nitrogens with zero attached hydrogens (tertiary/aromatic N) is 1. The lowest BCUT2D eigenvalue weighted by atomic mass is 10.1. The number of aromatic nitrogens is 1. The van der Waals surface area contributed by atoms with Gasteiger partial charge in [0.1, 0.15) is 17.5 Å². The molecule has 22 heavy (non-hydrogen) atoms. The zero-order valence-electron chi connectivity index (χ0n) is 12.2. The first kappa shape index (κ1) is 15.6. The fraction of sp³-hybridized carbons (Fsp3) is 0.250. The van der Waals surface area contributed by atoms with Crippen molar-refractivity contribution in [2.75, 3.05) is 0 Å². The number of nitrogens with one attached hydrogen (secondary N) is 1. The van der Waals surface area contributed by atoms with Crippen LogP contribution in [0.25, 0.3) is 10.9 Å². The van der Waals surface area contributed by atoms with Crippen LogP contribution in [0.3, 0.4) is 0 Å². The quantitative estimate of drug-likeness (QED) is 0.836. The number of benzene rings is 1. The van der Waals surface area contributed by atoms with Gasteiger partial charge < -0.3 is 15.8 Å². The Labute approximate surface area is 127 Å². The summed E-state index contributed by atoms with van der Waals surface area (Å²) in [5, 5.41) is 3.44. The van der Waals surface area contributed by atoms with Gasteiger partial charge in [0.2, 0.25) is 5.91 Å². The Bertz CT molecular complexity index is 727. The molecule has 0 saturated heterocycles. The van der Waals surface area contributed by atoms with Gasteiger partial charge in [-0.25, -0.2) is 4.98 Å². The summed E-state index contributed by atoms with van der Waals surface area (Å²) in [6, 6.07) is 9.89. The van der Waals surface area contributed by atoms with E-state index in [9.17, 15) is 14.4 Å². The fourth-order valence-corrected chi connectivity index (χ4v) is 2.06. The van der Waals surface area contributed by atoms with Crippen molar-refractivity contribution in [2.24, 2.45) is 5.73 Å². The van der Waals surface area contributed by atoms with Crippen LogP contribution in [-0.2, 0) is 9.59 Å². The Morgan fingerprint density at radius 3 is 2.59 bits per heavy atom. The van der Waals surface area contributed by atoms with Crippen molar-refractivity contribution >= 4 is 28.5 Å². The number of pyridine rings is 1. The van der Waals surface area contributed by atoms with Gasteiger partial charge >= 0.3 is 0 Å². The number of rotatable bonds is 6. The maximum atomic E-state index is 12.2. The van der Waals surface area contributed by atoms with Gasteiger partial charge in [-0.15, -0.1) is 0 Å². The lowest BCUT2D eigenvalue weighted by Gasteiger charge is -2.14. The Morgan fingerprint density at radius 2 is 1.91 bits per heavy atom. The van der Waals surface area contributed by atoms with E-state index in [0.29, 0.717) is 5.52 Å². The molecule has 6 heteroatoms. The number of carbonyl (C=O) groups excluding carboxylic acids is 3. The number of ketones is 1. The molecule has 6 nitrogen and oxygen atoms in total. The van der Waals surface area contributed by atoms with Crippen LogP contribution >= 0.6 is 0 Å². The van der Waals surface area contributed by atoms with Crippen molar-refractivity contribution in [3.8, 4) is 0 Å². The van der Waals surface area contributed by atoms with Crippen molar-refractivity contribution in [2.45, 2.75) is 25.8 Å². The molecule has 2 aromatic rings. The molecule has 2 rings (SSSR count). The molecule has 1 atom stereocenters. The van der Waals surface area contributed by atoms with E-state index in [1.807, 2.05) is 18.2 Å². The number of hydrogen-bond donors (Lipinski definition) is 2. The minimum atomic E-state index is -0.885. The highest BCUT2D eigenvalue weighted by Gasteiger charge is 2.20. The first-order valence-corrected chi connectivity index (χ1v) is 6.93. The first-order chi connectivity index (χ1) is 10.5. The molecule has 0 aliphatic carbocycles. The van der Waals surface area contributed by atoms with E-state index in [1.165, 1.54) is 6.92 Å². The molecule has 1 heterocycles. The summed E-state index contributed by atoms with van der Waals surface area (Å²) in [7, 11) is 0. The maximum Gasteiger partial charge on any atom is 0.270 e. The van der Waals surface area contributed by atoms with Crippen LogP contribution in [0.5, 0.6) is 0 Å². The highest BCUT2D eigenvalue weighted by atomic mass is 16.2. The molecule has 3 N–H and O–H groups in total. The molecular weight excluding hydrogens is 282 g/mol. The topological polar surface area (TPSA) is 102 Å². The average molecular weight is 299 g/mol. The van der Waals surface area contributed by atoms with Crippen molar-refractivity contribution in [1.82, 2.24) is 10.3 Å². The highest BCUT2D eigenvalue weighted by molar-refractivity contribution is 5.97. The van der Waals surface area contributed by atoms with Crippen LogP contribution in [0, 0.1) is 0 Å². The summed E-state index contributed by atoms with van der Waals surface area (Å²) in [5.41, 5.74) is 6.15. The second kappa shape index (κ2) is 6.80. The molecule has 0 spiro atoms. The number of para-hydroxylation sites is 1. The van der Waals surface area contributed by atoms with E-state index in [2.05, 4.69) is 10.3 Å². The van der Waals surface area contributed by atoms with Crippen LogP contribution < -0.4 is 11.1 Å². The number of Topliss-reactive ketones (excluding diaryl/α,β-unsaturated/α-hetero) is 1. The normalized spacial score (nSPS) is 11.9. The summed E-state index contributed by atoms with van der Waals surface area (Å²) < 4.78 is 0. The molecule has 1 aromatic heterocycles. The van der Waals surface area contributed by atoms with Gasteiger partial charge in [0, 0.05) is 11.8 Å². The largest absolute Gasteiger partial charge is 0.368 e. The van der Waals surface area contributed by atoms with Crippen LogP contribution in [0.15, 0.2) is 36.4 Å². The second-order valence-electron chi connectivity index (χ2n) is 5.06. The predicted molar refractivity (Wildman–Crippen MR) is 82.1 cm³/mol. The lowest BCUT2D eigenvalue weighted by Crippen LogP contribution is -2.44. The van der Waals surface area contributed by atoms with Crippen LogP contribution in [0.4, 0.5) is 0 Å². The zero-order chi connectivity index (χ0) is 16.1. The van der Waals surface area contributed by atoms with E-state index < -0.39 is 17.9 Å². The van der Waals surface area contributed by atoms with Gasteiger partial charge in [0.05, 0.1) is 5.52 Å². The Hall–Kier alpha value is -2.76. The van der Waals surface area contributed by atoms with Gasteiger partial charge in [-0.3, -0.25) is 9.59 Å². The number of hydrogen-bond acceptors (Lipinski definition) is 4. The van der Waals surface area contributed by atoms with Crippen molar-refractivity contribution < 1.29 is 14.4 Å². The molecule has 0 radical (unpaired) electrons. The SMILES string of the molecule is CC(=O)CC[C@@H](NC(=O)c1ccc2ccccc2n1)C(N)=O. The minimum Gasteiger partial charge on any atom is -0.368 e. The molecule has 0 aliphatic heterocycles. The van der Waals surface area contributed by atoms with Gasteiger partial charge in [-0.05, 0) is 25.5 Å². The van der Waals surface area contributed by atoms with Gasteiger partial charge in [-0.1, -0.05) is 24.3 Å². The van der Waals surface area contributed by atoms with Crippen molar-refractivity contribution in [3.05, 3.63) is 42.1 Å².